The lowest BCUT2D eigenvalue weighted by Gasteiger charge is -2.34. The first kappa shape index (κ1) is 24.0. The summed E-state index contributed by atoms with van der Waals surface area (Å²) in [6, 6.07) is 5.01. The first-order valence-electron chi connectivity index (χ1n) is 10.4. The molecule has 0 spiro atoms. The van der Waals surface area contributed by atoms with Crippen molar-refractivity contribution in [2.75, 3.05) is 46.2 Å². The summed E-state index contributed by atoms with van der Waals surface area (Å²) in [5.41, 5.74) is 0.948. The lowest BCUT2D eigenvalue weighted by atomic mass is 10.0. The van der Waals surface area contributed by atoms with Gasteiger partial charge < -0.3 is 25.0 Å². The Hall–Kier alpha value is -2.32. The van der Waals surface area contributed by atoms with E-state index in [-0.39, 0.29) is 36.0 Å². The molecule has 0 aromatic heterocycles. The topological polar surface area (TPSA) is 83.1 Å². The van der Waals surface area contributed by atoms with Crippen molar-refractivity contribution in [1.82, 2.24) is 15.1 Å². The third-order valence-corrected chi connectivity index (χ3v) is 5.43. The van der Waals surface area contributed by atoms with E-state index in [0.29, 0.717) is 30.2 Å². The number of carbonyl (C=O) groups is 2. The molecule has 1 heterocycles. The fraction of sp³-hybridized carbons (Fsp3) is 0.636. The highest BCUT2D eigenvalue weighted by Gasteiger charge is 2.27. The van der Waals surface area contributed by atoms with Gasteiger partial charge in [0.25, 0.3) is 5.91 Å². The summed E-state index contributed by atoms with van der Waals surface area (Å²) in [6.07, 6.45) is -0.0875. The van der Waals surface area contributed by atoms with Crippen LogP contribution in [0.25, 0.3) is 0 Å². The average molecular weight is 421 g/mol. The van der Waals surface area contributed by atoms with Crippen molar-refractivity contribution >= 4 is 17.6 Å². The molecule has 1 aromatic carbocycles. The monoisotopic (exact) mass is 420 g/mol. The highest BCUT2D eigenvalue weighted by atomic mass is 16.5. The zero-order chi connectivity index (χ0) is 22.4. The van der Waals surface area contributed by atoms with E-state index < -0.39 is 0 Å². The van der Waals surface area contributed by atoms with Crippen LogP contribution in [0.4, 0.5) is 10.5 Å². The third kappa shape index (κ3) is 6.34. The van der Waals surface area contributed by atoms with E-state index in [9.17, 15) is 9.59 Å². The second-order valence-electron chi connectivity index (χ2n) is 8.50. The van der Waals surface area contributed by atoms with Crippen molar-refractivity contribution < 1.29 is 19.1 Å². The van der Waals surface area contributed by atoms with Crippen LogP contribution in [0, 0.1) is 5.92 Å². The summed E-state index contributed by atoms with van der Waals surface area (Å²) in [6.45, 7) is 9.75. The average Bonchev–Trinajstić information content (AvgIpc) is 2.68. The number of hydrogen-bond acceptors (Lipinski definition) is 5. The van der Waals surface area contributed by atoms with Crippen molar-refractivity contribution in [2.45, 2.75) is 45.9 Å². The molecule has 0 saturated heterocycles. The van der Waals surface area contributed by atoms with Crippen LogP contribution in [0.5, 0.6) is 5.75 Å². The van der Waals surface area contributed by atoms with Gasteiger partial charge in [-0.2, -0.15) is 0 Å². The Morgan fingerprint density at radius 3 is 2.57 bits per heavy atom. The van der Waals surface area contributed by atoms with E-state index in [0.717, 1.165) is 6.54 Å². The van der Waals surface area contributed by atoms with Crippen LogP contribution in [0.2, 0.25) is 0 Å². The predicted octanol–water partition coefficient (Wildman–Crippen LogP) is 2.65. The van der Waals surface area contributed by atoms with Gasteiger partial charge in [0.05, 0.1) is 11.7 Å². The molecule has 0 fully saturated rings. The van der Waals surface area contributed by atoms with Gasteiger partial charge in [0.15, 0.2) is 0 Å². The van der Waals surface area contributed by atoms with E-state index in [1.165, 1.54) is 0 Å². The minimum atomic E-state index is -0.316. The number of methoxy groups -OCH3 is 1. The van der Waals surface area contributed by atoms with Gasteiger partial charge in [0.1, 0.15) is 12.4 Å². The number of benzene rings is 1. The molecule has 1 aliphatic heterocycles. The summed E-state index contributed by atoms with van der Waals surface area (Å²) in [5, 5.41) is 5.56. The van der Waals surface area contributed by atoms with Gasteiger partial charge >= 0.3 is 6.03 Å². The maximum Gasteiger partial charge on any atom is 0.319 e. The summed E-state index contributed by atoms with van der Waals surface area (Å²) in [7, 11) is 5.51. The molecule has 0 aliphatic carbocycles. The molecular weight excluding hydrogens is 384 g/mol. The predicted molar refractivity (Wildman–Crippen MR) is 118 cm³/mol. The summed E-state index contributed by atoms with van der Waals surface area (Å²) in [4.78, 5) is 29.2. The quantitative estimate of drug-likeness (QED) is 0.786. The Kier molecular flexibility index (Phi) is 8.49. The zero-order valence-electron chi connectivity index (χ0n) is 19.2. The Morgan fingerprint density at radius 2 is 1.93 bits per heavy atom. The maximum atomic E-state index is 13.2. The number of urea groups is 1. The van der Waals surface area contributed by atoms with Crippen molar-refractivity contribution in [3.63, 3.8) is 0 Å². The molecule has 30 heavy (non-hydrogen) atoms. The number of ether oxygens (including phenoxy) is 2. The van der Waals surface area contributed by atoms with Gasteiger partial charge in [-0.1, -0.05) is 6.92 Å². The largest absolute Gasteiger partial charge is 0.491 e. The number of anilines is 1. The van der Waals surface area contributed by atoms with Crippen LogP contribution in [0.1, 0.15) is 38.1 Å². The van der Waals surface area contributed by atoms with Gasteiger partial charge in [0, 0.05) is 45.0 Å². The van der Waals surface area contributed by atoms with Crippen molar-refractivity contribution in [1.29, 1.82) is 0 Å². The zero-order valence-corrected chi connectivity index (χ0v) is 19.2. The van der Waals surface area contributed by atoms with Gasteiger partial charge in [-0.3, -0.25) is 9.69 Å². The minimum absolute atomic E-state index is 0.0110. The van der Waals surface area contributed by atoms with Crippen molar-refractivity contribution in [3.8, 4) is 5.75 Å². The minimum Gasteiger partial charge on any atom is -0.491 e. The highest BCUT2D eigenvalue weighted by Crippen LogP contribution is 2.26. The first-order valence-corrected chi connectivity index (χ1v) is 10.4. The molecule has 0 saturated carbocycles. The molecule has 2 rings (SSSR count). The smallest absolute Gasteiger partial charge is 0.319 e. The Morgan fingerprint density at radius 1 is 1.23 bits per heavy atom. The molecule has 0 unspecified atom stereocenters. The molecule has 1 aliphatic rings. The van der Waals surface area contributed by atoms with Crippen LogP contribution in [-0.2, 0) is 4.74 Å². The SMILES string of the molecule is CO[C@@H]1CN(C)C(=O)c2cc(NC(=O)NC(C)C)ccc2OC[C@H](C)N(C)C[C@H]1C. The van der Waals surface area contributed by atoms with E-state index in [4.69, 9.17) is 9.47 Å². The number of likely N-dealkylation sites (N-methyl/N-ethyl adjacent to an activating group) is 2. The van der Waals surface area contributed by atoms with E-state index >= 15 is 0 Å². The summed E-state index contributed by atoms with van der Waals surface area (Å²) >= 11 is 0. The molecule has 3 atom stereocenters. The van der Waals surface area contributed by atoms with Crippen LogP contribution >= 0.6 is 0 Å². The van der Waals surface area contributed by atoms with E-state index in [1.807, 2.05) is 13.8 Å². The first-order chi connectivity index (χ1) is 14.1. The second-order valence-corrected chi connectivity index (χ2v) is 8.50. The molecule has 168 valence electrons. The molecule has 1 aromatic rings. The van der Waals surface area contributed by atoms with E-state index in [2.05, 4.69) is 36.4 Å². The Bertz CT molecular complexity index is 740. The Labute approximate surface area is 179 Å². The number of nitrogens with zero attached hydrogens (tertiary/aromatic N) is 2. The number of rotatable bonds is 3. The molecule has 8 heteroatoms. The Balaban J connectivity index is 2.35. The second kappa shape index (κ2) is 10.6. The van der Waals surface area contributed by atoms with Crippen LogP contribution in [0.15, 0.2) is 18.2 Å². The number of amides is 3. The van der Waals surface area contributed by atoms with Gasteiger partial charge in [-0.05, 0) is 51.9 Å². The molecule has 2 N–H and O–H groups in total. The standard InChI is InChI=1S/C22H36N4O4/c1-14(2)23-22(28)24-17-8-9-19-18(10-17)21(27)26(6)12-20(29-7)15(3)11-25(5)16(4)13-30-19/h8-10,14-16,20H,11-13H2,1-7H3,(H2,23,24,28)/t15-,16+,20-/m1/s1. The van der Waals surface area contributed by atoms with Crippen molar-refractivity contribution in [3.05, 3.63) is 23.8 Å². The molecule has 0 bridgehead atoms. The lowest BCUT2D eigenvalue weighted by molar-refractivity contribution is 0.0150. The van der Waals surface area contributed by atoms with E-state index in [1.54, 1.807) is 37.3 Å². The highest BCUT2D eigenvalue weighted by molar-refractivity contribution is 5.99. The maximum absolute atomic E-state index is 13.2. The number of hydrogen-bond donors (Lipinski definition) is 2. The molecule has 3 amide bonds. The molecule has 0 radical (unpaired) electrons. The van der Waals surface area contributed by atoms with Gasteiger partial charge in [0.2, 0.25) is 0 Å². The summed E-state index contributed by atoms with van der Waals surface area (Å²) < 4.78 is 11.7. The number of carbonyl (C=O) groups excluding carboxylic acids is 2. The normalized spacial score (nSPS) is 23.8. The number of fused-ring (bicyclic) bond motifs is 1. The van der Waals surface area contributed by atoms with Crippen molar-refractivity contribution in [2.24, 2.45) is 5.92 Å². The van der Waals surface area contributed by atoms with Gasteiger partial charge in [-0.15, -0.1) is 0 Å². The lowest BCUT2D eigenvalue weighted by Crippen LogP contribution is -2.45. The molecular formula is C22H36N4O4. The number of nitrogens with one attached hydrogen (secondary N) is 2. The third-order valence-electron chi connectivity index (χ3n) is 5.43. The fourth-order valence-electron chi connectivity index (χ4n) is 3.46. The van der Waals surface area contributed by atoms with Gasteiger partial charge in [-0.25, -0.2) is 4.79 Å². The molecule has 8 nitrogen and oxygen atoms in total. The van der Waals surface area contributed by atoms with Crippen LogP contribution in [0.3, 0.4) is 0 Å². The summed E-state index contributed by atoms with van der Waals surface area (Å²) in [5.74, 6) is 0.572. The fourth-order valence-corrected chi connectivity index (χ4v) is 3.46. The van der Waals surface area contributed by atoms with Crippen LogP contribution < -0.4 is 15.4 Å². The van der Waals surface area contributed by atoms with Crippen LogP contribution in [-0.4, -0.2) is 80.8 Å².